The van der Waals surface area contributed by atoms with E-state index in [9.17, 15) is 23.1 Å². The minimum absolute atomic E-state index is 0.0902. The summed E-state index contributed by atoms with van der Waals surface area (Å²) in [6.45, 7) is -0.646. The molecule has 0 aliphatic rings. The van der Waals surface area contributed by atoms with Gasteiger partial charge in [-0.05, 0) is 30.3 Å². The summed E-state index contributed by atoms with van der Waals surface area (Å²) >= 11 is 7.43. The normalized spacial score (nSPS) is 11.5. The van der Waals surface area contributed by atoms with Crippen LogP contribution in [0.1, 0.15) is 10.5 Å². The van der Waals surface area contributed by atoms with Crippen LogP contribution in [0.2, 0.25) is 5.15 Å². The number of rotatable bonds is 6. The van der Waals surface area contributed by atoms with Gasteiger partial charge in [0, 0.05) is 21.2 Å². The Bertz CT molecular complexity index is 1490. The number of pyridine rings is 1. The van der Waals surface area contributed by atoms with Gasteiger partial charge in [-0.15, -0.1) is 11.3 Å². The Morgan fingerprint density at radius 2 is 1.84 bits per heavy atom. The number of aromatic hydroxyl groups is 1. The Labute approximate surface area is 190 Å². The second-order valence-electron chi connectivity index (χ2n) is 6.61. The van der Waals surface area contributed by atoms with Gasteiger partial charge in [-0.3, -0.25) is 14.3 Å². The van der Waals surface area contributed by atoms with Gasteiger partial charge in [0.05, 0.1) is 9.60 Å². The summed E-state index contributed by atoms with van der Waals surface area (Å²) in [5, 5.41) is 22.2. The molecule has 0 atom stereocenters. The van der Waals surface area contributed by atoms with Gasteiger partial charge >= 0.3 is 5.97 Å². The Hall–Kier alpha value is -3.41. The van der Waals surface area contributed by atoms with E-state index in [2.05, 4.69) is 15.0 Å². The van der Waals surface area contributed by atoms with E-state index in [1.807, 2.05) is 0 Å². The van der Waals surface area contributed by atoms with Gasteiger partial charge in [0.1, 0.15) is 11.7 Å². The molecule has 4 N–H and O–H groups in total. The van der Waals surface area contributed by atoms with Crippen LogP contribution in [0.5, 0.6) is 5.75 Å². The molecule has 0 aliphatic carbocycles. The fourth-order valence-electron chi connectivity index (χ4n) is 3.06. The van der Waals surface area contributed by atoms with E-state index in [4.69, 9.17) is 16.7 Å². The van der Waals surface area contributed by atoms with Crippen molar-refractivity contribution in [2.24, 2.45) is 0 Å². The van der Waals surface area contributed by atoms with E-state index >= 15 is 0 Å². The lowest BCUT2D eigenvalue weighted by molar-refractivity contribution is -0.135. The number of nitrogens with one attached hydrogen (secondary N) is 2. The molecule has 32 heavy (non-hydrogen) atoms. The number of carboxylic acid groups (broad SMARTS) is 1. The lowest BCUT2D eigenvalue weighted by Gasteiger charge is -2.08. The maximum Gasteiger partial charge on any atom is 0.322 e. The molecule has 2 aromatic carbocycles. The predicted octanol–water partition coefficient (Wildman–Crippen LogP) is 3.42. The number of hydrogen-bond donors (Lipinski definition) is 4. The summed E-state index contributed by atoms with van der Waals surface area (Å²) < 4.78 is 28.7. The van der Waals surface area contributed by atoms with Gasteiger partial charge in [0.15, 0.2) is 11.4 Å². The summed E-state index contributed by atoms with van der Waals surface area (Å²) in [7, 11) is -3.81. The number of aliphatic carboxylic acids is 1. The number of sulfonamides is 1. The minimum atomic E-state index is -3.81. The summed E-state index contributed by atoms with van der Waals surface area (Å²) in [5.74, 6) is -2.58. The van der Waals surface area contributed by atoms with E-state index in [0.717, 1.165) is 11.3 Å². The maximum atomic E-state index is 12.6. The highest BCUT2D eigenvalue weighted by molar-refractivity contribution is 7.92. The zero-order valence-corrected chi connectivity index (χ0v) is 18.4. The predicted molar refractivity (Wildman–Crippen MR) is 121 cm³/mol. The molecule has 0 bridgehead atoms. The second kappa shape index (κ2) is 8.26. The number of hydrogen-bond acceptors (Lipinski definition) is 7. The number of benzene rings is 2. The summed E-state index contributed by atoms with van der Waals surface area (Å²) in [4.78, 5) is 26.9. The number of nitrogens with zero attached hydrogens (tertiary/aromatic N) is 1. The molecule has 0 fully saturated rings. The highest BCUT2D eigenvalue weighted by Crippen LogP contribution is 2.44. The van der Waals surface area contributed by atoms with Crippen LogP contribution in [0.15, 0.2) is 53.4 Å². The number of carboxylic acids is 1. The molecule has 9 nitrogen and oxygen atoms in total. The molecule has 164 valence electrons. The lowest BCUT2D eigenvalue weighted by Crippen LogP contribution is -2.30. The molecule has 0 saturated heterocycles. The highest BCUT2D eigenvalue weighted by atomic mass is 35.5. The van der Waals surface area contributed by atoms with Crippen LogP contribution in [-0.4, -0.2) is 42.0 Å². The van der Waals surface area contributed by atoms with E-state index in [0.29, 0.717) is 15.5 Å². The molecule has 2 heterocycles. The van der Waals surface area contributed by atoms with Crippen molar-refractivity contribution in [3.8, 4) is 5.75 Å². The van der Waals surface area contributed by atoms with Crippen molar-refractivity contribution < 1.29 is 28.2 Å². The van der Waals surface area contributed by atoms with Crippen molar-refractivity contribution in [1.29, 1.82) is 0 Å². The number of aromatic nitrogens is 1. The van der Waals surface area contributed by atoms with Gasteiger partial charge in [-0.1, -0.05) is 29.8 Å². The number of anilines is 1. The molecule has 2 aromatic heterocycles. The number of halogens is 1. The zero-order chi connectivity index (χ0) is 23.0. The smallest absolute Gasteiger partial charge is 0.322 e. The van der Waals surface area contributed by atoms with E-state index in [1.165, 1.54) is 12.1 Å². The number of thiophene rings is 1. The molecular weight excluding hydrogens is 478 g/mol. The molecule has 0 saturated carbocycles. The van der Waals surface area contributed by atoms with Crippen LogP contribution >= 0.6 is 22.9 Å². The average molecular weight is 492 g/mol. The van der Waals surface area contributed by atoms with Crippen LogP contribution in [0, 0.1) is 0 Å². The van der Waals surface area contributed by atoms with Crippen LogP contribution in [0.4, 0.5) is 5.69 Å². The van der Waals surface area contributed by atoms with Gasteiger partial charge < -0.3 is 15.5 Å². The van der Waals surface area contributed by atoms with Crippen molar-refractivity contribution in [3.05, 3.63) is 59.4 Å². The van der Waals surface area contributed by atoms with Crippen LogP contribution < -0.4 is 10.0 Å². The van der Waals surface area contributed by atoms with E-state index in [-0.39, 0.29) is 20.4 Å². The van der Waals surface area contributed by atoms with Crippen molar-refractivity contribution in [3.63, 3.8) is 0 Å². The molecule has 0 radical (unpaired) electrons. The third-order valence-electron chi connectivity index (χ3n) is 4.46. The first kappa shape index (κ1) is 21.8. The molecule has 0 unspecified atom stereocenters. The van der Waals surface area contributed by atoms with Gasteiger partial charge in [-0.2, -0.15) is 0 Å². The lowest BCUT2D eigenvalue weighted by atomic mass is 10.1. The number of carbonyl (C=O) groups is 2. The first-order valence-corrected chi connectivity index (χ1v) is 11.7. The Morgan fingerprint density at radius 1 is 1.12 bits per heavy atom. The largest absolute Gasteiger partial charge is 0.504 e. The molecule has 0 aliphatic heterocycles. The fraction of sp³-hybridized carbons (Fsp3) is 0.0500. The third kappa shape index (κ3) is 4.05. The summed E-state index contributed by atoms with van der Waals surface area (Å²) in [5.41, 5.74) is -0.125. The maximum absolute atomic E-state index is 12.6. The average Bonchev–Trinajstić information content (AvgIpc) is 3.14. The summed E-state index contributed by atoms with van der Waals surface area (Å²) in [6.07, 6.45) is 0. The standard InChI is InChI=1S/C20H14ClN3O6S2/c21-19-15-12-8-10(24-32(29,30)11-4-2-1-3-5-11)6-7-13(12)31-18(15)17(27)16(23-19)20(28)22-9-14(25)26/h1-8,24,27H,9H2,(H,22,28)(H,25,26). The Balaban J connectivity index is 1.77. The SMILES string of the molecule is O=C(O)CNC(=O)c1nc(Cl)c2c(sc3ccc(NS(=O)(=O)c4ccccc4)cc32)c1O. The van der Waals surface area contributed by atoms with E-state index < -0.39 is 39.9 Å². The van der Waals surface area contributed by atoms with Crippen LogP contribution in [-0.2, 0) is 14.8 Å². The molecule has 12 heteroatoms. The first-order chi connectivity index (χ1) is 15.2. The second-order valence-corrected chi connectivity index (χ2v) is 9.70. The van der Waals surface area contributed by atoms with Gasteiger partial charge in [-0.25, -0.2) is 13.4 Å². The molecular formula is C20H14ClN3O6S2. The van der Waals surface area contributed by atoms with Crippen molar-refractivity contribution >= 4 is 70.7 Å². The van der Waals surface area contributed by atoms with Gasteiger partial charge in [0.25, 0.3) is 15.9 Å². The Kier molecular flexibility index (Phi) is 5.63. The van der Waals surface area contributed by atoms with Crippen LogP contribution in [0.3, 0.4) is 0 Å². The van der Waals surface area contributed by atoms with Crippen molar-refractivity contribution in [1.82, 2.24) is 10.3 Å². The minimum Gasteiger partial charge on any atom is -0.504 e. The van der Waals surface area contributed by atoms with Crippen LogP contribution in [0.25, 0.3) is 20.2 Å². The molecule has 4 aromatic rings. The topological polar surface area (TPSA) is 146 Å². The van der Waals surface area contributed by atoms with E-state index in [1.54, 1.807) is 36.4 Å². The third-order valence-corrected chi connectivity index (χ3v) is 7.31. The number of amides is 1. The fourth-order valence-corrected chi connectivity index (χ4v) is 5.60. The van der Waals surface area contributed by atoms with Gasteiger partial charge in [0.2, 0.25) is 0 Å². The van der Waals surface area contributed by atoms with Crippen molar-refractivity contribution in [2.75, 3.05) is 11.3 Å². The summed E-state index contributed by atoms with van der Waals surface area (Å²) in [6, 6.07) is 12.7. The molecule has 4 rings (SSSR count). The van der Waals surface area contributed by atoms with Crippen molar-refractivity contribution in [2.45, 2.75) is 4.90 Å². The monoisotopic (exact) mass is 491 g/mol. The molecule has 1 amide bonds. The number of carbonyl (C=O) groups excluding carboxylic acids is 1. The quantitative estimate of drug-likeness (QED) is 0.302. The Morgan fingerprint density at radius 3 is 2.53 bits per heavy atom. The zero-order valence-electron chi connectivity index (χ0n) is 16.0. The highest BCUT2D eigenvalue weighted by Gasteiger charge is 2.23. The first-order valence-electron chi connectivity index (χ1n) is 9.00. The number of fused-ring (bicyclic) bond motifs is 3. The molecule has 0 spiro atoms.